The highest BCUT2D eigenvalue weighted by molar-refractivity contribution is 6.37. The zero-order valence-corrected chi connectivity index (χ0v) is 12.4. The van der Waals surface area contributed by atoms with Gasteiger partial charge in [-0.1, -0.05) is 23.2 Å². The van der Waals surface area contributed by atoms with E-state index in [9.17, 15) is 4.79 Å². The first-order valence-electron chi connectivity index (χ1n) is 5.73. The van der Waals surface area contributed by atoms with Crippen LogP contribution < -0.4 is 5.73 Å². The summed E-state index contributed by atoms with van der Waals surface area (Å²) in [5, 5.41) is 7.84. The maximum absolute atomic E-state index is 12.0. The fraction of sp³-hybridized carbons (Fsp3) is 0.250. The number of halogens is 2. The summed E-state index contributed by atoms with van der Waals surface area (Å²) in [6.45, 7) is -0.0230. The number of methoxy groups -OCH3 is 1. The highest BCUT2D eigenvalue weighted by atomic mass is 35.5. The number of hydrogen-bond donors (Lipinski definition) is 1. The van der Waals surface area contributed by atoms with Crippen LogP contribution in [0.2, 0.25) is 10.0 Å². The fourth-order valence-electron chi connectivity index (χ4n) is 1.54. The quantitative estimate of drug-likeness (QED) is 0.663. The Balaban J connectivity index is 2.04. The van der Waals surface area contributed by atoms with Crippen LogP contribution in [0.25, 0.3) is 0 Å². The molecular formula is C12H11Cl2N3O4. The summed E-state index contributed by atoms with van der Waals surface area (Å²) in [6, 6.07) is 2.81. The normalized spacial score (nSPS) is 10.6. The third kappa shape index (κ3) is 3.84. The molecule has 0 fully saturated rings. The molecule has 1 heterocycles. The third-order valence-electron chi connectivity index (χ3n) is 2.39. The molecule has 0 bridgehead atoms. The van der Waals surface area contributed by atoms with E-state index in [1.807, 2.05) is 0 Å². The van der Waals surface area contributed by atoms with Crippen LogP contribution in [0.5, 0.6) is 0 Å². The first kappa shape index (κ1) is 15.6. The molecule has 112 valence electrons. The number of benzene rings is 1. The zero-order chi connectivity index (χ0) is 15.4. The van der Waals surface area contributed by atoms with Crippen molar-refractivity contribution in [3.8, 4) is 0 Å². The molecule has 0 amide bonds. The van der Waals surface area contributed by atoms with Crippen molar-refractivity contribution in [2.75, 3.05) is 12.8 Å². The highest BCUT2D eigenvalue weighted by Gasteiger charge is 2.18. The summed E-state index contributed by atoms with van der Waals surface area (Å²) in [7, 11) is 1.50. The van der Waals surface area contributed by atoms with E-state index in [0.29, 0.717) is 5.02 Å². The van der Waals surface area contributed by atoms with Crippen LogP contribution in [0.3, 0.4) is 0 Å². The lowest BCUT2D eigenvalue weighted by atomic mass is 10.2. The number of nitrogens with two attached hydrogens (primary N) is 1. The molecule has 21 heavy (non-hydrogen) atoms. The molecule has 7 nitrogen and oxygen atoms in total. The largest absolute Gasteiger partial charge is 0.452 e. The second-order valence-corrected chi connectivity index (χ2v) is 4.79. The summed E-state index contributed by atoms with van der Waals surface area (Å²) >= 11 is 11.7. The molecule has 2 aromatic rings. The van der Waals surface area contributed by atoms with Gasteiger partial charge in [0.2, 0.25) is 5.89 Å². The summed E-state index contributed by atoms with van der Waals surface area (Å²) in [5.74, 6) is -0.285. The van der Waals surface area contributed by atoms with E-state index in [1.165, 1.54) is 19.2 Å². The van der Waals surface area contributed by atoms with Crippen LogP contribution >= 0.6 is 23.2 Å². The molecule has 0 aliphatic heterocycles. The van der Waals surface area contributed by atoms with Crippen molar-refractivity contribution in [2.45, 2.75) is 13.2 Å². The molecule has 0 saturated heterocycles. The van der Waals surface area contributed by atoms with Crippen molar-refractivity contribution >= 4 is 34.9 Å². The first-order chi connectivity index (χ1) is 10.0. The smallest absolute Gasteiger partial charge is 0.342 e. The van der Waals surface area contributed by atoms with Gasteiger partial charge < -0.3 is 19.6 Å². The van der Waals surface area contributed by atoms with Gasteiger partial charge in [-0.3, -0.25) is 0 Å². The zero-order valence-electron chi connectivity index (χ0n) is 10.9. The van der Waals surface area contributed by atoms with Crippen molar-refractivity contribution < 1.29 is 18.7 Å². The van der Waals surface area contributed by atoms with Crippen LogP contribution in [-0.4, -0.2) is 23.3 Å². The molecule has 0 saturated carbocycles. The Morgan fingerprint density at radius 2 is 1.95 bits per heavy atom. The molecular weight excluding hydrogens is 321 g/mol. The van der Waals surface area contributed by atoms with Gasteiger partial charge in [0.1, 0.15) is 12.2 Å². The Labute approximate surface area is 129 Å². The number of carbonyl (C=O) groups excluding carboxylic acids is 1. The number of nitrogen functional groups attached to an aromatic ring is 1. The maximum Gasteiger partial charge on any atom is 0.342 e. The standard InChI is InChI=1S/C12H11Cl2N3O4/c1-19-4-9-16-17-10(21-9)5-20-12(18)11-7(14)2-6(13)3-8(11)15/h2-3H,4-5,15H2,1H3. The lowest BCUT2D eigenvalue weighted by Gasteiger charge is -2.07. The number of nitrogens with zero attached hydrogens (tertiary/aromatic N) is 2. The van der Waals surface area contributed by atoms with E-state index in [-0.39, 0.29) is 41.3 Å². The number of hydrogen-bond acceptors (Lipinski definition) is 7. The van der Waals surface area contributed by atoms with Gasteiger partial charge in [-0.05, 0) is 12.1 Å². The number of esters is 1. The van der Waals surface area contributed by atoms with E-state index < -0.39 is 5.97 Å². The van der Waals surface area contributed by atoms with Gasteiger partial charge in [-0.25, -0.2) is 4.79 Å². The van der Waals surface area contributed by atoms with Gasteiger partial charge in [-0.2, -0.15) is 0 Å². The molecule has 9 heteroatoms. The Kier molecular flexibility index (Phi) is 5.00. The lowest BCUT2D eigenvalue weighted by molar-refractivity contribution is 0.0434. The lowest BCUT2D eigenvalue weighted by Crippen LogP contribution is -2.09. The number of rotatable bonds is 5. The van der Waals surface area contributed by atoms with Gasteiger partial charge in [0, 0.05) is 17.8 Å². The van der Waals surface area contributed by atoms with Gasteiger partial charge >= 0.3 is 5.97 Å². The average molecular weight is 332 g/mol. The molecule has 0 radical (unpaired) electrons. The van der Waals surface area contributed by atoms with E-state index >= 15 is 0 Å². The summed E-state index contributed by atoms with van der Waals surface area (Å²) in [5.41, 5.74) is 5.87. The molecule has 0 unspecified atom stereocenters. The molecule has 2 N–H and O–H groups in total. The molecule has 0 spiro atoms. The van der Waals surface area contributed by atoms with Gasteiger partial charge in [0.25, 0.3) is 5.89 Å². The first-order valence-corrected chi connectivity index (χ1v) is 6.48. The molecule has 0 atom stereocenters. The molecule has 0 aliphatic carbocycles. The van der Waals surface area contributed by atoms with Gasteiger partial charge in [0.05, 0.1) is 5.02 Å². The SMILES string of the molecule is COCc1nnc(COC(=O)c2c(N)cc(Cl)cc2Cl)o1. The van der Waals surface area contributed by atoms with Crippen molar-refractivity contribution in [2.24, 2.45) is 0 Å². The third-order valence-corrected chi connectivity index (χ3v) is 2.91. The molecule has 2 rings (SSSR count). The molecule has 1 aromatic heterocycles. The summed E-state index contributed by atoms with van der Waals surface area (Å²) < 4.78 is 15.0. The minimum atomic E-state index is -0.708. The average Bonchev–Trinajstić information content (AvgIpc) is 2.83. The second kappa shape index (κ2) is 6.75. The Morgan fingerprint density at radius 3 is 2.57 bits per heavy atom. The van der Waals surface area contributed by atoms with Gasteiger partial charge in [0.15, 0.2) is 6.61 Å². The summed E-state index contributed by atoms with van der Waals surface area (Å²) in [6.07, 6.45) is 0. The van der Waals surface area contributed by atoms with E-state index in [1.54, 1.807) is 0 Å². The van der Waals surface area contributed by atoms with Crippen LogP contribution in [0.1, 0.15) is 22.1 Å². The number of aromatic nitrogens is 2. The Bertz CT molecular complexity index is 637. The fourth-order valence-corrected chi connectivity index (χ4v) is 2.12. The Morgan fingerprint density at radius 1 is 1.29 bits per heavy atom. The number of carbonyl (C=O) groups is 1. The van der Waals surface area contributed by atoms with Crippen LogP contribution in [-0.2, 0) is 22.7 Å². The second-order valence-electron chi connectivity index (χ2n) is 3.95. The predicted octanol–water partition coefficient (Wildman–Crippen LogP) is 2.46. The number of ether oxygens (including phenoxy) is 2. The minimum Gasteiger partial charge on any atom is -0.452 e. The van der Waals surface area contributed by atoms with E-state index in [2.05, 4.69) is 10.2 Å². The highest BCUT2D eigenvalue weighted by Crippen LogP contribution is 2.28. The maximum atomic E-state index is 12.0. The number of anilines is 1. The van der Waals surface area contributed by atoms with Crippen molar-refractivity contribution in [3.63, 3.8) is 0 Å². The van der Waals surface area contributed by atoms with Crippen molar-refractivity contribution in [3.05, 3.63) is 39.5 Å². The van der Waals surface area contributed by atoms with Crippen molar-refractivity contribution in [1.29, 1.82) is 0 Å². The van der Waals surface area contributed by atoms with E-state index in [0.717, 1.165) is 0 Å². The van der Waals surface area contributed by atoms with Crippen molar-refractivity contribution in [1.82, 2.24) is 10.2 Å². The van der Waals surface area contributed by atoms with E-state index in [4.69, 9.17) is 42.8 Å². The minimum absolute atomic E-state index is 0.0395. The monoisotopic (exact) mass is 331 g/mol. The molecule has 1 aromatic carbocycles. The predicted molar refractivity (Wildman–Crippen MR) is 75.0 cm³/mol. The Hall–Kier alpha value is -1.83. The van der Waals surface area contributed by atoms with Crippen LogP contribution in [0, 0.1) is 0 Å². The topological polar surface area (TPSA) is 100 Å². The van der Waals surface area contributed by atoms with Gasteiger partial charge in [-0.15, -0.1) is 10.2 Å². The van der Waals surface area contributed by atoms with Crippen LogP contribution in [0.4, 0.5) is 5.69 Å². The van der Waals surface area contributed by atoms with Crippen LogP contribution in [0.15, 0.2) is 16.5 Å². The summed E-state index contributed by atoms with van der Waals surface area (Å²) in [4.78, 5) is 12.0. The molecule has 0 aliphatic rings.